The molecule has 1 heterocycles. The van der Waals surface area contributed by atoms with E-state index >= 15 is 0 Å². The van der Waals surface area contributed by atoms with E-state index in [4.69, 9.17) is 0 Å². The quantitative estimate of drug-likeness (QED) is 0.480. The second kappa shape index (κ2) is 7.13. The van der Waals surface area contributed by atoms with Crippen molar-refractivity contribution in [1.82, 2.24) is 4.98 Å². The minimum Gasteiger partial charge on any atom is -0.355 e. The molecule has 0 saturated heterocycles. The maximum atomic E-state index is 13.4. The van der Waals surface area contributed by atoms with Crippen LogP contribution in [-0.2, 0) is 16.4 Å². The number of hydrogen-bond acceptors (Lipinski definition) is 2. The van der Waals surface area contributed by atoms with Crippen LogP contribution < -0.4 is 4.72 Å². The zero-order valence-corrected chi connectivity index (χ0v) is 16.1. The zero-order valence-electron chi connectivity index (χ0n) is 15.2. The van der Waals surface area contributed by atoms with Gasteiger partial charge in [-0.1, -0.05) is 37.3 Å². The summed E-state index contributed by atoms with van der Waals surface area (Å²) in [4.78, 5) is 3.53. The number of halogens is 1. The van der Waals surface area contributed by atoms with Gasteiger partial charge in [0.15, 0.2) is 0 Å². The summed E-state index contributed by atoms with van der Waals surface area (Å²) in [5, 5.41) is 0.788. The van der Waals surface area contributed by atoms with E-state index in [0.29, 0.717) is 17.0 Å². The van der Waals surface area contributed by atoms with E-state index < -0.39 is 10.0 Å². The molecule has 0 radical (unpaired) electrons. The van der Waals surface area contributed by atoms with E-state index in [1.807, 2.05) is 37.3 Å². The summed E-state index contributed by atoms with van der Waals surface area (Å²) in [5.41, 5.74) is 3.82. The number of fused-ring (bicyclic) bond motifs is 1. The van der Waals surface area contributed by atoms with Crippen LogP contribution in [0.15, 0.2) is 77.7 Å². The number of aromatic nitrogens is 1. The third-order valence-electron chi connectivity index (χ3n) is 4.67. The lowest BCUT2D eigenvalue weighted by molar-refractivity contribution is 0.600. The highest BCUT2D eigenvalue weighted by atomic mass is 32.2. The van der Waals surface area contributed by atoms with Crippen LogP contribution in [0.3, 0.4) is 0 Å². The number of aromatic amines is 1. The highest BCUT2D eigenvalue weighted by molar-refractivity contribution is 7.92. The second-order valence-corrected chi connectivity index (χ2v) is 8.21. The van der Waals surface area contributed by atoms with Crippen LogP contribution in [-0.4, -0.2) is 13.4 Å². The van der Waals surface area contributed by atoms with Crippen LogP contribution in [0.5, 0.6) is 0 Å². The van der Waals surface area contributed by atoms with Crippen LogP contribution in [0, 0.1) is 5.82 Å². The highest BCUT2D eigenvalue weighted by Gasteiger charge is 2.17. The molecule has 0 aliphatic carbocycles. The fraction of sp³-hybridized carbons (Fsp3) is 0.0909. The first kappa shape index (κ1) is 18.3. The Hall–Kier alpha value is -3.12. The predicted molar refractivity (Wildman–Crippen MR) is 110 cm³/mol. The maximum absolute atomic E-state index is 13.4. The standard InChI is InChI=1S/C22H19FN2O2S/c1-2-15-5-3-4-6-22(15)28(26,27)25-19-10-7-16(8-11-19)21-14-17-13-18(23)9-12-20(17)24-21/h3-14,24-25H,2H2,1H3. The number of hydrogen-bond donors (Lipinski definition) is 2. The lowest BCUT2D eigenvalue weighted by Gasteiger charge is -2.11. The number of nitrogens with one attached hydrogen (secondary N) is 2. The third-order valence-corrected chi connectivity index (χ3v) is 6.16. The largest absolute Gasteiger partial charge is 0.355 e. The summed E-state index contributed by atoms with van der Waals surface area (Å²) >= 11 is 0. The number of H-pyrrole nitrogens is 1. The van der Waals surface area contributed by atoms with Crippen molar-refractivity contribution >= 4 is 26.6 Å². The van der Waals surface area contributed by atoms with Gasteiger partial charge < -0.3 is 4.98 Å². The molecular formula is C22H19FN2O2S. The third kappa shape index (κ3) is 3.51. The molecular weight excluding hydrogens is 375 g/mol. The fourth-order valence-electron chi connectivity index (χ4n) is 3.25. The van der Waals surface area contributed by atoms with E-state index in [0.717, 1.165) is 27.7 Å². The predicted octanol–water partition coefficient (Wildman–Crippen LogP) is 5.34. The van der Waals surface area contributed by atoms with Gasteiger partial charge in [0.25, 0.3) is 10.0 Å². The molecule has 0 bridgehead atoms. The Balaban J connectivity index is 1.60. The van der Waals surface area contributed by atoms with Gasteiger partial charge in [0.05, 0.1) is 4.90 Å². The van der Waals surface area contributed by atoms with Gasteiger partial charge in [-0.25, -0.2) is 12.8 Å². The van der Waals surface area contributed by atoms with Gasteiger partial charge in [-0.2, -0.15) is 0 Å². The van der Waals surface area contributed by atoms with Gasteiger partial charge in [-0.05, 0) is 60.0 Å². The maximum Gasteiger partial charge on any atom is 0.262 e. The monoisotopic (exact) mass is 394 g/mol. The lowest BCUT2D eigenvalue weighted by Crippen LogP contribution is -2.14. The molecule has 0 unspecified atom stereocenters. The number of aryl methyl sites for hydroxylation is 1. The first-order valence-corrected chi connectivity index (χ1v) is 10.4. The Morgan fingerprint density at radius 1 is 0.964 bits per heavy atom. The fourth-order valence-corrected chi connectivity index (χ4v) is 4.62. The molecule has 4 aromatic rings. The molecule has 142 valence electrons. The second-order valence-electron chi connectivity index (χ2n) is 6.56. The summed E-state index contributed by atoms with van der Waals surface area (Å²) in [6.07, 6.45) is 0.636. The molecule has 0 saturated carbocycles. The SMILES string of the molecule is CCc1ccccc1S(=O)(=O)Nc1ccc(-c2cc3cc(F)ccc3[nH]2)cc1. The van der Waals surface area contributed by atoms with Gasteiger partial charge in [0, 0.05) is 22.3 Å². The molecule has 0 fully saturated rings. The van der Waals surface area contributed by atoms with Crippen molar-refractivity contribution in [2.45, 2.75) is 18.2 Å². The van der Waals surface area contributed by atoms with Crippen LogP contribution >= 0.6 is 0 Å². The van der Waals surface area contributed by atoms with E-state index in [2.05, 4.69) is 9.71 Å². The molecule has 0 amide bonds. The Labute approximate surface area is 163 Å². The highest BCUT2D eigenvalue weighted by Crippen LogP contribution is 2.27. The molecule has 0 aliphatic heterocycles. The van der Waals surface area contributed by atoms with Crippen LogP contribution in [0.4, 0.5) is 10.1 Å². The number of rotatable bonds is 5. The van der Waals surface area contributed by atoms with Crippen molar-refractivity contribution < 1.29 is 12.8 Å². The first-order valence-electron chi connectivity index (χ1n) is 8.96. The van der Waals surface area contributed by atoms with Crippen molar-refractivity contribution in [3.63, 3.8) is 0 Å². The minimum absolute atomic E-state index is 0.282. The number of sulfonamides is 1. The molecule has 0 aliphatic rings. The van der Waals surface area contributed by atoms with Gasteiger partial charge in [0.1, 0.15) is 5.82 Å². The first-order chi connectivity index (χ1) is 13.5. The smallest absolute Gasteiger partial charge is 0.262 e. The Bertz CT molecular complexity index is 1250. The van der Waals surface area contributed by atoms with Crippen molar-refractivity contribution in [3.05, 3.63) is 84.2 Å². The summed E-state index contributed by atoms with van der Waals surface area (Å²) in [7, 11) is -3.66. The van der Waals surface area contributed by atoms with Gasteiger partial charge >= 0.3 is 0 Å². The number of anilines is 1. The van der Waals surface area contributed by atoms with E-state index in [1.165, 1.54) is 12.1 Å². The molecule has 4 rings (SSSR count). The van der Waals surface area contributed by atoms with Crippen LogP contribution in [0.1, 0.15) is 12.5 Å². The van der Waals surface area contributed by atoms with Crippen LogP contribution in [0.25, 0.3) is 22.2 Å². The molecule has 1 aromatic heterocycles. The average Bonchev–Trinajstić information content (AvgIpc) is 3.11. The summed E-state index contributed by atoms with van der Waals surface area (Å²) in [6, 6.07) is 20.5. The lowest BCUT2D eigenvalue weighted by atomic mass is 10.1. The molecule has 0 atom stereocenters. The molecule has 2 N–H and O–H groups in total. The zero-order chi connectivity index (χ0) is 19.7. The van der Waals surface area contributed by atoms with Crippen molar-refractivity contribution in [2.75, 3.05) is 4.72 Å². The van der Waals surface area contributed by atoms with Crippen molar-refractivity contribution in [1.29, 1.82) is 0 Å². The van der Waals surface area contributed by atoms with Gasteiger partial charge in [-0.3, -0.25) is 4.72 Å². The van der Waals surface area contributed by atoms with Crippen molar-refractivity contribution in [3.8, 4) is 11.3 Å². The van der Waals surface area contributed by atoms with Gasteiger partial charge in [0.2, 0.25) is 0 Å². The van der Waals surface area contributed by atoms with E-state index in [-0.39, 0.29) is 5.82 Å². The Kier molecular flexibility index (Phi) is 4.65. The Morgan fingerprint density at radius 3 is 2.46 bits per heavy atom. The molecule has 6 heteroatoms. The summed E-state index contributed by atoms with van der Waals surface area (Å²) in [5.74, 6) is -0.282. The normalized spacial score (nSPS) is 11.6. The van der Waals surface area contributed by atoms with E-state index in [9.17, 15) is 12.8 Å². The Morgan fingerprint density at radius 2 is 1.71 bits per heavy atom. The average molecular weight is 394 g/mol. The topological polar surface area (TPSA) is 62.0 Å². The van der Waals surface area contributed by atoms with E-state index in [1.54, 1.807) is 30.3 Å². The summed E-state index contributed by atoms with van der Waals surface area (Å²) < 4.78 is 41.5. The molecule has 4 nitrogen and oxygen atoms in total. The summed E-state index contributed by atoms with van der Waals surface area (Å²) in [6.45, 7) is 1.93. The molecule has 28 heavy (non-hydrogen) atoms. The van der Waals surface area contributed by atoms with Crippen molar-refractivity contribution in [2.24, 2.45) is 0 Å². The van der Waals surface area contributed by atoms with Crippen LogP contribution in [0.2, 0.25) is 0 Å². The number of benzene rings is 3. The molecule has 3 aromatic carbocycles. The minimum atomic E-state index is -3.66. The molecule has 0 spiro atoms. The van der Waals surface area contributed by atoms with Gasteiger partial charge in [-0.15, -0.1) is 0 Å².